The summed E-state index contributed by atoms with van der Waals surface area (Å²) in [5.41, 5.74) is 3.76. The molecular weight excluding hydrogens is 234 g/mol. The lowest BCUT2D eigenvalue weighted by molar-refractivity contribution is -0.118. The maximum atomic E-state index is 11.3. The standard InChI is InChI=1S/C13H19NO2S/c1-10-5-11(2)7-12(6-10)8-17-9-13(16)14-3-4-15/h5-7,15H,3-4,8-9H2,1-2H3,(H,14,16). The van der Waals surface area contributed by atoms with Crippen molar-refractivity contribution in [1.82, 2.24) is 5.32 Å². The second kappa shape index (κ2) is 7.35. The summed E-state index contributed by atoms with van der Waals surface area (Å²) >= 11 is 1.59. The van der Waals surface area contributed by atoms with E-state index in [9.17, 15) is 4.79 Å². The first-order valence-electron chi connectivity index (χ1n) is 5.64. The van der Waals surface area contributed by atoms with Gasteiger partial charge in [-0.25, -0.2) is 0 Å². The van der Waals surface area contributed by atoms with Gasteiger partial charge in [-0.1, -0.05) is 29.3 Å². The van der Waals surface area contributed by atoms with E-state index in [2.05, 4.69) is 37.4 Å². The van der Waals surface area contributed by atoms with Gasteiger partial charge in [-0.3, -0.25) is 4.79 Å². The third-order valence-corrected chi connectivity index (χ3v) is 3.22. The van der Waals surface area contributed by atoms with E-state index < -0.39 is 0 Å². The topological polar surface area (TPSA) is 49.3 Å². The van der Waals surface area contributed by atoms with Crippen LogP contribution in [0.15, 0.2) is 18.2 Å². The van der Waals surface area contributed by atoms with Gasteiger partial charge in [0.1, 0.15) is 0 Å². The van der Waals surface area contributed by atoms with Crippen molar-refractivity contribution < 1.29 is 9.90 Å². The Morgan fingerprint density at radius 1 is 1.29 bits per heavy atom. The first-order valence-corrected chi connectivity index (χ1v) is 6.80. The molecule has 0 saturated heterocycles. The van der Waals surface area contributed by atoms with Gasteiger partial charge in [0.2, 0.25) is 5.91 Å². The highest BCUT2D eigenvalue weighted by molar-refractivity contribution is 7.99. The van der Waals surface area contributed by atoms with Crippen LogP contribution in [0.4, 0.5) is 0 Å². The van der Waals surface area contributed by atoms with Gasteiger partial charge in [0, 0.05) is 12.3 Å². The SMILES string of the molecule is Cc1cc(C)cc(CSCC(=O)NCCO)c1. The summed E-state index contributed by atoms with van der Waals surface area (Å²) in [5.74, 6) is 1.26. The van der Waals surface area contributed by atoms with Crippen LogP contribution in [0.25, 0.3) is 0 Å². The number of carbonyl (C=O) groups is 1. The lowest BCUT2D eigenvalue weighted by atomic mass is 10.1. The Morgan fingerprint density at radius 2 is 1.94 bits per heavy atom. The number of aliphatic hydroxyl groups excluding tert-OH is 1. The molecule has 94 valence electrons. The molecule has 0 bridgehead atoms. The third-order valence-electron chi connectivity index (χ3n) is 2.22. The van der Waals surface area contributed by atoms with Gasteiger partial charge in [-0.05, 0) is 19.4 Å². The van der Waals surface area contributed by atoms with Crippen LogP contribution in [0, 0.1) is 13.8 Å². The van der Waals surface area contributed by atoms with Crippen molar-refractivity contribution in [1.29, 1.82) is 0 Å². The van der Waals surface area contributed by atoms with Crippen molar-refractivity contribution in [2.45, 2.75) is 19.6 Å². The average molecular weight is 253 g/mol. The predicted octanol–water partition coefficient (Wildman–Crippen LogP) is 1.65. The fourth-order valence-electron chi connectivity index (χ4n) is 1.66. The first kappa shape index (κ1) is 14.1. The molecule has 0 atom stereocenters. The molecule has 1 aromatic rings. The molecule has 4 heteroatoms. The van der Waals surface area contributed by atoms with Crippen LogP contribution in [0.1, 0.15) is 16.7 Å². The van der Waals surface area contributed by atoms with Crippen molar-refractivity contribution in [3.63, 3.8) is 0 Å². The molecule has 1 amide bonds. The Kier molecular flexibility index (Phi) is 6.08. The number of hydrogen-bond donors (Lipinski definition) is 2. The summed E-state index contributed by atoms with van der Waals surface area (Å²) in [4.78, 5) is 11.3. The highest BCUT2D eigenvalue weighted by atomic mass is 32.2. The molecule has 1 rings (SSSR count). The van der Waals surface area contributed by atoms with Gasteiger partial charge in [-0.2, -0.15) is 0 Å². The van der Waals surface area contributed by atoms with Crippen molar-refractivity contribution >= 4 is 17.7 Å². The summed E-state index contributed by atoms with van der Waals surface area (Å²) in [6, 6.07) is 6.43. The Labute approximate surface area is 107 Å². The molecular formula is C13H19NO2S. The number of nitrogens with one attached hydrogen (secondary N) is 1. The maximum Gasteiger partial charge on any atom is 0.230 e. The summed E-state index contributed by atoms with van der Waals surface area (Å²) in [6.07, 6.45) is 0. The van der Waals surface area contributed by atoms with E-state index in [0.717, 1.165) is 5.75 Å². The maximum absolute atomic E-state index is 11.3. The van der Waals surface area contributed by atoms with E-state index in [1.165, 1.54) is 16.7 Å². The number of aliphatic hydroxyl groups is 1. The highest BCUT2D eigenvalue weighted by Crippen LogP contribution is 2.15. The van der Waals surface area contributed by atoms with E-state index >= 15 is 0 Å². The lowest BCUT2D eigenvalue weighted by Crippen LogP contribution is -2.27. The van der Waals surface area contributed by atoms with Gasteiger partial charge in [0.25, 0.3) is 0 Å². The van der Waals surface area contributed by atoms with Gasteiger partial charge < -0.3 is 10.4 Å². The lowest BCUT2D eigenvalue weighted by Gasteiger charge is -2.05. The molecule has 0 aliphatic heterocycles. The molecule has 0 saturated carbocycles. The minimum Gasteiger partial charge on any atom is -0.395 e. The number of amides is 1. The second-order valence-electron chi connectivity index (χ2n) is 4.06. The number of rotatable bonds is 6. The molecule has 2 N–H and O–H groups in total. The Balaban J connectivity index is 2.33. The zero-order valence-electron chi connectivity index (χ0n) is 10.3. The molecule has 0 radical (unpaired) electrons. The van der Waals surface area contributed by atoms with Gasteiger partial charge in [0.15, 0.2) is 0 Å². The number of benzene rings is 1. The molecule has 1 aromatic carbocycles. The van der Waals surface area contributed by atoms with Gasteiger partial charge in [-0.15, -0.1) is 11.8 Å². The minimum absolute atomic E-state index is 0.00647. The summed E-state index contributed by atoms with van der Waals surface area (Å²) in [6.45, 7) is 4.49. The van der Waals surface area contributed by atoms with E-state index in [4.69, 9.17) is 5.11 Å². The molecule has 0 heterocycles. The van der Waals surface area contributed by atoms with E-state index in [1.54, 1.807) is 11.8 Å². The molecule has 17 heavy (non-hydrogen) atoms. The number of thioether (sulfide) groups is 1. The number of carbonyl (C=O) groups excluding carboxylic acids is 1. The number of aryl methyl sites for hydroxylation is 2. The summed E-state index contributed by atoms with van der Waals surface area (Å²) in [7, 11) is 0. The molecule has 0 aliphatic carbocycles. The van der Waals surface area contributed by atoms with Crippen LogP contribution < -0.4 is 5.32 Å². The van der Waals surface area contributed by atoms with Crippen LogP contribution >= 0.6 is 11.8 Å². The molecule has 0 aliphatic rings. The van der Waals surface area contributed by atoms with Crippen LogP contribution in [0.5, 0.6) is 0 Å². The van der Waals surface area contributed by atoms with Gasteiger partial charge in [0.05, 0.1) is 12.4 Å². The Bertz CT molecular complexity index is 359. The van der Waals surface area contributed by atoms with Crippen molar-refractivity contribution in [3.05, 3.63) is 34.9 Å². The highest BCUT2D eigenvalue weighted by Gasteiger charge is 2.01. The van der Waals surface area contributed by atoms with Crippen LogP contribution in [0.2, 0.25) is 0 Å². The zero-order valence-corrected chi connectivity index (χ0v) is 11.1. The fourth-order valence-corrected chi connectivity index (χ4v) is 2.45. The molecule has 0 spiro atoms. The average Bonchev–Trinajstić information content (AvgIpc) is 2.25. The van der Waals surface area contributed by atoms with Crippen LogP contribution in [-0.4, -0.2) is 29.9 Å². The summed E-state index contributed by atoms with van der Waals surface area (Å²) in [5, 5.41) is 11.2. The number of hydrogen-bond acceptors (Lipinski definition) is 3. The molecule has 0 aromatic heterocycles. The quantitative estimate of drug-likeness (QED) is 0.810. The Morgan fingerprint density at radius 3 is 2.53 bits per heavy atom. The normalized spacial score (nSPS) is 10.3. The molecule has 0 fully saturated rings. The molecule has 3 nitrogen and oxygen atoms in total. The molecule has 0 unspecified atom stereocenters. The largest absolute Gasteiger partial charge is 0.395 e. The van der Waals surface area contributed by atoms with Crippen LogP contribution in [0.3, 0.4) is 0 Å². The predicted molar refractivity (Wildman–Crippen MR) is 72.2 cm³/mol. The van der Waals surface area contributed by atoms with E-state index in [-0.39, 0.29) is 12.5 Å². The third kappa shape index (κ3) is 5.75. The smallest absolute Gasteiger partial charge is 0.230 e. The van der Waals surface area contributed by atoms with E-state index in [1.807, 2.05) is 0 Å². The Hall–Kier alpha value is -1.00. The summed E-state index contributed by atoms with van der Waals surface area (Å²) < 4.78 is 0. The van der Waals surface area contributed by atoms with Crippen molar-refractivity contribution in [3.8, 4) is 0 Å². The monoisotopic (exact) mass is 253 g/mol. The van der Waals surface area contributed by atoms with E-state index in [0.29, 0.717) is 12.3 Å². The minimum atomic E-state index is -0.0200. The van der Waals surface area contributed by atoms with Crippen LogP contribution in [-0.2, 0) is 10.5 Å². The van der Waals surface area contributed by atoms with Crippen molar-refractivity contribution in [2.24, 2.45) is 0 Å². The second-order valence-corrected chi connectivity index (χ2v) is 5.05. The van der Waals surface area contributed by atoms with Gasteiger partial charge >= 0.3 is 0 Å². The fraction of sp³-hybridized carbons (Fsp3) is 0.462. The zero-order chi connectivity index (χ0) is 12.7. The first-order chi connectivity index (χ1) is 8.11. The van der Waals surface area contributed by atoms with Crippen molar-refractivity contribution in [2.75, 3.05) is 18.9 Å².